The summed E-state index contributed by atoms with van der Waals surface area (Å²) in [4.78, 5) is 9.29. The Bertz CT molecular complexity index is 115. The molecule has 0 heterocycles. The molecule has 0 spiro atoms. The van der Waals surface area contributed by atoms with Crippen LogP contribution in [0, 0.1) is 0 Å². The fraction of sp³-hybridized carbons (Fsp3) is 0. The fourth-order valence-corrected chi connectivity index (χ4v) is 0. The van der Waals surface area contributed by atoms with Crippen molar-refractivity contribution in [3.63, 3.8) is 0 Å². The Morgan fingerprint density at radius 2 is 2.00 bits per heavy atom. The molecule has 0 aliphatic carbocycles. The van der Waals surface area contributed by atoms with Crippen LogP contribution in [0.1, 0.15) is 0 Å². The molecular formula is CHO3S2-. The minimum Gasteiger partial charge on any atom is -0.495 e. The molecule has 0 bridgehead atoms. The molecule has 3 nitrogen and oxygen atoms in total. The van der Waals surface area contributed by atoms with Crippen LogP contribution in [0.25, 0.3) is 0 Å². The third kappa shape index (κ3) is 2.10. The zero-order valence-corrected chi connectivity index (χ0v) is 4.21. The van der Waals surface area contributed by atoms with Crippen molar-refractivity contribution < 1.29 is 14.1 Å². The summed E-state index contributed by atoms with van der Waals surface area (Å²) < 4.78 is 9.47. The van der Waals surface area contributed by atoms with E-state index in [0.717, 1.165) is 0 Å². The summed E-state index contributed by atoms with van der Waals surface area (Å²) in [7, 11) is -2.12. The van der Waals surface area contributed by atoms with Crippen molar-refractivity contribution in [1.82, 2.24) is 0 Å². The Morgan fingerprint density at radius 1 is 1.83 bits per heavy atom. The van der Waals surface area contributed by atoms with Crippen molar-refractivity contribution in [1.29, 1.82) is 0 Å². The van der Waals surface area contributed by atoms with E-state index in [1.54, 1.807) is 0 Å². The first-order chi connectivity index (χ1) is 2.64. The molecule has 0 aliphatic rings. The Kier molecular flexibility index (Phi) is 2.04. The highest BCUT2D eigenvalue weighted by molar-refractivity contribution is 8.29. The Hall–Kier alpha value is -0.160. The summed E-state index contributed by atoms with van der Waals surface area (Å²) in [5, 5.41) is 6.13. The van der Waals surface area contributed by atoms with Crippen LogP contribution < -0.4 is 0 Å². The van der Waals surface area contributed by atoms with E-state index >= 15 is 0 Å². The van der Waals surface area contributed by atoms with Crippen LogP contribution in [0.15, 0.2) is 0 Å². The zero-order chi connectivity index (χ0) is 5.15. The molecule has 0 aromatic rings. The number of hydrogen-bond acceptors (Lipinski definition) is 4. The van der Waals surface area contributed by atoms with E-state index in [2.05, 4.69) is 11.2 Å². The van der Waals surface area contributed by atoms with Gasteiger partial charge in [0.05, 0.1) is 0 Å². The highest BCUT2D eigenvalue weighted by Gasteiger charge is 1.71. The smallest absolute Gasteiger partial charge is 0.248 e. The summed E-state index contributed by atoms with van der Waals surface area (Å²) in [6.45, 7) is 0. The van der Waals surface area contributed by atoms with Crippen LogP contribution in [0.5, 0.6) is 0 Å². The molecule has 5 heteroatoms. The first-order valence-corrected chi connectivity index (χ1v) is 3.04. The molecular weight excluding hydrogens is 124 g/mol. The highest BCUT2D eigenvalue weighted by atomic mass is 32.8. The molecule has 1 N–H and O–H groups in total. The minimum absolute atomic E-state index is 1.45. The van der Waals surface area contributed by atoms with Gasteiger partial charge in [-0.05, 0) is 0 Å². The summed E-state index contributed by atoms with van der Waals surface area (Å²) >= 11 is 3.78. The van der Waals surface area contributed by atoms with Crippen LogP contribution in [0.2, 0.25) is 0 Å². The number of hydrogen-bond donors (Lipinski definition) is 1. The van der Waals surface area contributed by atoms with Crippen molar-refractivity contribution in [3.05, 3.63) is 0 Å². The Morgan fingerprint density at radius 3 is 2.00 bits per heavy atom. The molecule has 0 aromatic heterocycles. The normalized spacial score (nSPS) is 8.83. The number of carboxylic acid groups (broad SMARTS) is 1. The van der Waals surface area contributed by atoms with Gasteiger partial charge < -0.3 is 9.32 Å². The van der Waals surface area contributed by atoms with Gasteiger partial charge in [0, 0.05) is 0 Å². The molecule has 6 heavy (non-hydrogen) atoms. The lowest BCUT2D eigenvalue weighted by Gasteiger charge is -1.81. The predicted octanol–water partition coefficient (Wildman–Crippen LogP) is 0.0901. The van der Waals surface area contributed by atoms with Gasteiger partial charge in [0.15, 0.2) is 0 Å². The molecule has 36 valence electrons. The summed E-state index contributed by atoms with van der Waals surface area (Å²) in [6.07, 6.45) is 0. The van der Waals surface area contributed by atoms with Gasteiger partial charge in [-0.3, -0.25) is 4.79 Å². The topological polar surface area (TPSA) is 54.4 Å². The molecule has 0 amide bonds. The second kappa shape index (κ2) is 2.09. The largest absolute Gasteiger partial charge is 0.495 e. The maximum absolute atomic E-state index is 9.47. The number of rotatable bonds is 0. The van der Waals surface area contributed by atoms with Crippen molar-refractivity contribution in [2.24, 2.45) is 0 Å². The van der Waals surface area contributed by atoms with E-state index in [0.29, 0.717) is 0 Å². The molecule has 0 unspecified atom stereocenters. The predicted molar refractivity (Wildman–Crippen MR) is 23.4 cm³/mol. The Labute approximate surface area is 40.7 Å². The molecule has 0 rings (SSSR count). The maximum atomic E-state index is 9.47. The van der Waals surface area contributed by atoms with Crippen LogP contribution in [0.3, 0.4) is 0 Å². The standard InChI is InChI=1S/CHO3S2/c2-1(3)6(4)5/h(H,2,3)/q-1. The van der Waals surface area contributed by atoms with Gasteiger partial charge in [-0.25, -0.2) is 11.2 Å². The average Bonchev–Trinajstić information content (AvgIpc) is 1.36. The minimum atomic E-state index is -2.12. The van der Waals surface area contributed by atoms with Gasteiger partial charge >= 0.3 is 0 Å². The van der Waals surface area contributed by atoms with E-state index < -0.39 is 14.7 Å². The van der Waals surface area contributed by atoms with Crippen molar-refractivity contribution in [2.75, 3.05) is 0 Å². The molecule has 0 atom stereocenters. The van der Waals surface area contributed by atoms with E-state index in [1.807, 2.05) is 0 Å². The maximum Gasteiger partial charge on any atom is 0.248 e. The summed E-state index contributed by atoms with van der Waals surface area (Å²) in [5.74, 6) is 0. The van der Waals surface area contributed by atoms with Gasteiger partial charge in [0.1, 0.15) is 0 Å². The average molecular weight is 125 g/mol. The van der Waals surface area contributed by atoms with Crippen molar-refractivity contribution in [3.8, 4) is 0 Å². The van der Waals surface area contributed by atoms with Crippen LogP contribution >= 0.6 is 0 Å². The third-order valence-electron chi connectivity index (χ3n) is 0.143. The van der Waals surface area contributed by atoms with Crippen LogP contribution in [-0.2, 0) is 24.8 Å². The second-order valence-electron chi connectivity index (χ2n) is 0.501. The van der Waals surface area contributed by atoms with E-state index in [9.17, 15) is 9.00 Å². The van der Waals surface area contributed by atoms with Gasteiger partial charge in [-0.1, -0.05) is 0 Å². The monoisotopic (exact) mass is 125 g/mol. The van der Waals surface area contributed by atoms with E-state index in [1.165, 1.54) is 0 Å². The van der Waals surface area contributed by atoms with Gasteiger partial charge in [0.25, 0.3) is 0 Å². The van der Waals surface area contributed by atoms with Gasteiger partial charge in [0.2, 0.25) is 5.30 Å². The first-order valence-electron chi connectivity index (χ1n) is 0.965. The lowest BCUT2D eigenvalue weighted by molar-refractivity contribution is 0.221. The van der Waals surface area contributed by atoms with Gasteiger partial charge in [-0.2, -0.15) is 0 Å². The first kappa shape index (κ1) is 5.84. The SMILES string of the molecule is O=C(O)[S-](=O)=S. The fourth-order valence-electron chi connectivity index (χ4n) is 0. The van der Waals surface area contributed by atoms with Crippen LogP contribution in [0.4, 0.5) is 4.79 Å². The van der Waals surface area contributed by atoms with E-state index in [-0.39, 0.29) is 0 Å². The quantitative estimate of drug-likeness (QED) is 0.466. The molecule has 0 aromatic carbocycles. The van der Waals surface area contributed by atoms with Crippen molar-refractivity contribution in [2.45, 2.75) is 0 Å². The lowest BCUT2D eigenvalue weighted by Crippen LogP contribution is -1.88. The lowest BCUT2D eigenvalue weighted by atomic mass is 11.6. The number of carbonyl (C=O) groups is 1. The molecule has 0 saturated carbocycles. The third-order valence-corrected chi connectivity index (χ3v) is 0.855. The molecule has 0 fully saturated rings. The molecule has 0 aliphatic heterocycles. The van der Waals surface area contributed by atoms with Crippen LogP contribution in [-0.4, -0.2) is 10.4 Å². The molecule has 0 saturated heterocycles. The second-order valence-corrected chi connectivity index (χ2v) is 2.23. The summed E-state index contributed by atoms with van der Waals surface area (Å²) in [5.41, 5.74) is 0. The van der Waals surface area contributed by atoms with Crippen molar-refractivity contribution >= 4 is 25.8 Å². The zero-order valence-electron chi connectivity index (χ0n) is 2.58. The molecule has 0 radical (unpaired) electrons. The Balaban J connectivity index is 3.94. The highest BCUT2D eigenvalue weighted by Crippen LogP contribution is 1.64. The van der Waals surface area contributed by atoms with Gasteiger partial charge in [-0.15, -0.1) is 9.36 Å². The van der Waals surface area contributed by atoms with E-state index in [4.69, 9.17) is 5.11 Å². The summed E-state index contributed by atoms with van der Waals surface area (Å²) in [6, 6.07) is 0.